The average Bonchev–Trinajstić information content (AvgIpc) is 2.93. The maximum Gasteiger partial charge on any atom is 0.348 e. The summed E-state index contributed by atoms with van der Waals surface area (Å²) in [5.41, 5.74) is 0.293. The van der Waals surface area contributed by atoms with Gasteiger partial charge in [0.2, 0.25) is 0 Å². The number of carboxylic acids is 1. The van der Waals surface area contributed by atoms with Crippen LogP contribution in [0.3, 0.4) is 0 Å². The van der Waals surface area contributed by atoms with Crippen molar-refractivity contribution in [1.82, 2.24) is 5.32 Å². The van der Waals surface area contributed by atoms with Crippen LogP contribution in [0.1, 0.15) is 28.9 Å². The highest BCUT2D eigenvalue weighted by Gasteiger charge is 2.15. The van der Waals surface area contributed by atoms with Gasteiger partial charge in [0.25, 0.3) is 0 Å². The summed E-state index contributed by atoms with van der Waals surface area (Å²) >= 11 is 1.06. The first-order chi connectivity index (χ1) is 10.2. The number of carboxylic acid groups (broad SMARTS) is 1. The van der Waals surface area contributed by atoms with E-state index in [0.29, 0.717) is 25.4 Å². The van der Waals surface area contributed by atoms with Gasteiger partial charge in [-0.1, -0.05) is 0 Å². The minimum Gasteiger partial charge on any atom is -0.477 e. The lowest BCUT2D eigenvalue weighted by Gasteiger charge is -2.22. The van der Waals surface area contributed by atoms with Crippen LogP contribution in [0.2, 0.25) is 0 Å². The summed E-state index contributed by atoms with van der Waals surface area (Å²) in [5, 5.41) is 15.7. The Morgan fingerprint density at radius 1 is 1.48 bits per heavy atom. The van der Waals surface area contributed by atoms with E-state index in [9.17, 15) is 9.59 Å². The van der Waals surface area contributed by atoms with Crippen LogP contribution in [0.25, 0.3) is 0 Å². The van der Waals surface area contributed by atoms with Crippen molar-refractivity contribution in [1.29, 1.82) is 0 Å². The Balaban J connectivity index is 1.65. The van der Waals surface area contributed by atoms with E-state index in [1.54, 1.807) is 11.4 Å². The fourth-order valence-corrected chi connectivity index (χ4v) is 2.62. The standard InChI is InChI=1S/C13H18N2O5S/c16-12(17)11-9(4-8-21-11)15-13(18)14-5-7-20-10-3-1-2-6-19-10/h4,8,10H,1-3,5-7H2,(H,16,17)(H2,14,15,18). The van der Waals surface area contributed by atoms with Gasteiger partial charge >= 0.3 is 12.0 Å². The third-order valence-electron chi connectivity index (χ3n) is 2.94. The lowest BCUT2D eigenvalue weighted by molar-refractivity contribution is -0.160. The van der Waals surface area contributed by atoms with Gasteiger partial charge in [0.1, 0.15) is 4.88 Å². The van der Waals surface area contributed by atoms with Crippen LogP contribution in [0, 0.1) is 0 Å². The summed E-state index contributed by atoms with van der Waals surface area (Å²) in [4.78, 5) is 22.7. The summed E-state index contributed by atoms with van der Waals surface area (Å²) < 4.78 is 10.9. The molecule has 1 aliphatic heterocycles. The van der Waals surface area contributed by atoms with E-state index in [-0.39, 0.29) is 11.2 Å². The van der Waals surface area contributed by atoms with Crippen LogP contribution in [-0.4, -0.2) is 43.2 Å². The smallest absolute Gasteiger partial charge is 0.348 e. The van der Waals surface area contributed by atoms with E-state index >= 15 is 0 Å². The predicted octanol–water partition coefficient (Wildman–Crippen LogP) is 2.11. The molecule has 1 saturated heterocycles. The average molecular weight is 314 g/mol. The van der Waals surface area contributed by atoms with Crippen LogP contribution in [0.4, 0.5) is 10.5 Å². The largest absolute Gasteiger partial charge is 0.477 e. The number of hydrogen-bond acceptors (Lipinski definition) is 5. The Kier molecular flexibility index (Phi) is 5.97. The van der Waals surface area contributed by atoms with Crippen LogP contribution in [-0.2, 0) is 9.47 Å². The molecule has 1 aromatic rings. The van der Waals surface area contributed by atoms with Crippen molar-refractivity contribution in [3.63, 3.8) is 0 Å². The highest BCUT2D eigenvalue weighted by atomic mass is 32.1. The summed E-state index contributed by atoms with van der Waals surface area (Å²) in [7, 11) is 0. The number of aromatic carboxylic acids is 1. The fourth-order valence-electron chi connectivity index (χ4n) is 1.94. The molecule has 1 fully saturated rings. The van der Waals surface area contributed by atoms with Crippen molar-refractivity contribution in [2.75, 3.05) is 25.1 Å². The molecule has 0 radical (unpaired) electrons. The number of amides is 2. The molecule has 21 heavy (non-hydrogen) atoms. The number of anilines is 1. The molecule has 7 nitrogen and oxygen atoms in total. The van der Waals surface area contributed by atoms with Gasteiger partial charge < -0.3 is 25.2 Å². The van der Waals surface area contributed by atoms with E-state index in [0.717, 1.165) is 30.6 Å². The third kappa shape index (κ3) is 5.00. The van der Waals surface area contributed by atoms with Crippen molar-refractivity contribution in [3.05, 3.63) is 16.3 Å². The SMILES string of the molecule is O=C(NCCOC1CCCCO1)Nc1ccsc1C(=O)O. The molecule has 2 rings (SSSR count). The topological polar surface area (TPSA) is 96.9 Å². The monoisotopic (exact) mass is 314 g/mol. The Labute approximate surface area is 126 Å². The number of hydrogen-bond donors (Lipinski definition) is 3. The van der Waals surface area contributed by atoms with Gasteiger partial charge in [0, 0.05) is 13.2 Å². The van der Waals surface area contributed by atoms with Gasteiger partial charge in [-0.25, -0.2) is 9.59 Å². The summed E-state index contributed by atoms with van der Waals surface area (Å²) in [6.07, 6.45) is 2.85. The second kappa shape index (κ2) is 7.96. The summed E-state index contributed by atoms with van der Waals surface area (Å²) in [5.74, 6) is -1.06. The first kappa shape index (κ1) is 15.7. The zero-order valence-corrected chi connectivity index (χ0v) is 12.3. The first-order valence-electron chi connectivity index (χ1n) is 6.75. The first-order valence-corrected chi connectivity index (χ1v) is 7.63. The Morgan fingerprint density at radius 3 is 3.05 bits per heavy atom. The molecule has 1 aliphatic rings. The van der Waals surface area contributed by atoms with Gasteiger partial charge in [0.15, 0.2) is 6.29 Å². The number of urea groups is 1. The maximum absolute atomic E-state index is 11.6. The lowest BCUT2D eigenvalue weighted by Crippen LogP contribution is -2.33. The van der Waals surface area contributed by atoms with Gasteiger partial charge in [-0.3, -0.25) is 0 Å². The highest BCUT2D eigenvalue weighted by molar-refractivity contribution is 7.12. The van der Waals surface area contributed by atoms with E-state index in [1.165, 1.54) is 0 Å². The van der Waals surface area contributed by atoms with Gasteiger partial charge in [0.05, 0.1) is 12.3 Å². The molecule has 3 N–H and O–H groups in total. The van der Waals surface area contributed by atoms with Crippen molar-refractivity contribution < 1.29 is 24.2 Å². The molecule has 0 saturated carbocycles. The molecule has 116 valence electrons. The molecule has 0 aromatic carbocycles. The fraction of sp³-hybridized carbons (Fsp3) is 0.538. The molecule has 2 amide bonds. The van der Waals surface area contributed by atoms with Crippen LogP contribution in [0.5, 0.6) is 0 Å². The van der Waals surface area contributed by atoms with E-state index in [2.05, 4.69) is 10.6 Å². The minimum atomic E-state index is -1.06. The quantitative estimate of drug-likeness (QED) is 0.699. The highest BCUT2D eigenvalue weighted by Crippen LogP contribution is 2.21. The second-order valence-corrected chi connectivity index (χ2v) is 5.43. The number of nitrogens with one attached hydrogen (secondary N) is 2. The summed E-state index contributed by atoms with van der Waals surface area (Å²) in [6.45, 7) is 1.40. The Morgan fingerprint density at radius 2 is 2.33 bits per heavy atom. The zero-order chi connectivity index (χ0) is 15.1. The lowest BCUT2D eigenvalue weighted by atomic mass is 10.2. The number of carbonyl (C=O) groups is 2. The number of ether oxygens (including phenoxy) is 2. The van der Waals surface area contributed by atoms with Gasteiger partial charge in [-0.15, -0.1) is 11.3 Å². The van der Waals surface area contributed by atoms with Crippen molar-refractivity contribution in [3.8, 4) is 0 Å². The van der Waals surface area contributed by atoms with Crippen LogP contribution >= 0.6 is 11.3 Å². The van der Waals surface area contributed by atoms with Crippen LogP contribution in [0.15, 0.2) is 11.4 Å². The normalized spacial score (nSPS) is 18.2. The molecule has 0 spiro atoms. The molecule has 2 heterocycles. The van der Waals surface area contributed by atoms with E-state index in [1.807, 2.05) is 0 Å². The van der Waals surface area contributed by atoms with Crippen molar-refractivity contribution in [2.45, 2.75) is 25.6 Å². The number of thiophene rings is 1. The number of carbonyl (C=O) groups excluding carboxylic acids is 1. The van der Waals surface area contributed by atoms with Crippen molar-refractivity contribution in [2.24, 2.45) is 0 Å². The maximum atomic E-state index is 11.6. The van der Waals surface area contributed by atoms with Crippen LogP contribution < -0.4 is 10.6 Å². The number of rotatable bonds is 6. The van der Waals surface area contributed by atoms with E-state index in [4.69, 9.17) is 14.6 Å². The molecule has 1 unspecified atom stereocenters. The Hall–Kier alpha value is -1.64. The molecular formula is C13H18N2O5S. The molecule has 0 bridgehead atoms. The minimum absolute atomic E-state index is 0.108. The zero-order valence-electron chi connectivity index (χ0n) is 11.5. The summed E-state index contributed by atoms with van der Waals surface area (Å²) in [6, 6.07) is 1.10. The van der Waals surface area contributed by atoms with Gasteiger partial charge in [-0.2, -0.15) is 0 Å². The van der Waals surface area contributed by atoms with Gasteiger partial charge in [-0.05, 0) is 30.7 Å². The van der Waals surface area contributed by atoms with E-state index < -0.39 is 12.0 Å². The third-order valence-corrected chi connectivity index (χ3v) is 3.84. The molecular weight excluding hydrogens is 296 g/mol. The molecule has 0 aliphatic carbocycles. The Bertz CT molecular complexity index is 485. The molecule has 1 atom stereocenters. The molecule has 1 aromatic heterocycles. The second-order valence-electron chi connectivity index (χ2n) is 4.52. The predicted molar refractivity (Wildman–Crippen MR) is 77.8 cm³/mol. The molecule has 8 heteroatoms. The van der Waals surface area contributed by atoms with Crippen molar-refractivity contribution >= 4 is 29.0 Å².